The molecule has 150 valence electrons. The van der Waals surface area contributed by atoms with Crippen molar-refractivity contribution in [2.75, 3.05) is 13.7 Å². The van der Waals surface area contributed by atoms with Crippen LogP contribution in [0, 0.1) is 5.92 Å². The van der Waals surface area contributed by atoms with E-state index in [0.29, 0.717) is 24.0 Å². The molecule has 7 heteroatoms. The molecule has 1 heterocycles. The summed E-state index contributed by atoms with van der Waals surface area (Å²) in [5.41, 5.74) is 0.752. The SMILES string of the molecule is CCCCOC(=NSN(C)C(=O)Oc1cccc2c1OC(C)(C)C2)C(C)C. The van der Waals surface area contributed by atoms with Gasteiger partial charge in [-0.3, -0.25) is 0 Å². The monoisotopic (exact) mass is 394 g/mol. The number of para-hydroxylation sites is 1. The van der Waals surface area contributed by atoms with Crippen molar-refractivity contribution >= 4 is 24.1 Å². The number of benzene rings is 1. The van der Waals surface area contributed by atoms with E-state index in [1.807, 2.05) is 39.8 Å². The average molecular weight is 395 g/mol. The molecule has 2 rings (SSSR count). The lowest BCUT2D eigenvalue weighted by atomic mass is 10.0. The first kappa shape index (κ1) is 21.4. The number of amides is 1. The first-order valence-corrected chi connectivity index (χ1v) is 10.1. The van der Waals surface area contributed by atoms with E-state index in [9.17, 15) is 4.79 Å². The zero-order chi connectivity index (χ0) is 20.0. The van der Waals surface area contributed by atoms with Gasteiger partial charge in [0.15, 0.2) is 17.4 Å². The highest BCUT2D eigenvalue weighted by atomic mass is 32.2. The van der Waals surface area contributed by atoms with Crippen LogP contribution in [0.15, 0.2) is 22.6 Å². The van der Waals surface area contributed by atoms with Crippen LogP contribution in [0.3, 0.4) is 0 Å². The van der Waals surface area contributed by atoms with Gasteiger partial charge < -0.3 is 14.2 Å². The van der Waals surface area contributed by atoms with Crippen LogP contribution in [0.4, 0.5) is 4.79 Å². The molecular weight excluding hydrogens is 364 g/mol. The van der Waals surface area contributed by atoms with Crippen molar-refractivity contribution in [3.05, 3.63) is 23.8 Å². The molecule has 0 radical (unpaired) electrons. The Balaban J connectivity index is 1.98. The van der Waals surface area contributed by atoms with Gasteiger partial charge in [0.05, 0.1) is 6.61 Å². The van der Waals surface area contributed by atoms with Gasteiger partial charge in [-0.05, 0) is 26.3 Å². The molecule has 0 fully saturated rings. The van der Waals surface area contributed by atoms with E-state index >= 15 is 0 Å². The molecule has 1 aromatic rings. The number of fused-ring (bicyclic) bond motifs is 1. The third kappa shape index (κ3) is 6.06. The van der Waals surface area contributed by atoms with Gasteiger partial charge in [0.2, 0.25) is 0 Å². The summed E-state index contributed by atoms with van der Waals surface area (Å²) >= 11 is 1.01. The van der Waals surface area contributed by atoms with E-state index in [2.05, 4.69) is 11.3 Å². The van der Waals surface area contributed by atoms with Crippen LogP contribution in [-0.4, -0.2) is 35.6 Å². The molecule has 1 aliphatic rings. The van der Waals surface area contributed by atoms with Gasteiger partial charge >= 0.3 is 6.09 Å². The first-order valence-electron chi connectivity index (χ1n) is 9.37. The Labute approximate surface area is 166 Å². The van der Waals surface area contributed by atoms with Gasteiger partial charge in [-0.2, -0.15) is 4.40 Å². The maximum atomic E-state index is 12.4. The fraction of sp³-hybridized carbons (Fsp3) is 0.600. The summed E-state index contributed by atoms with van der Waals surface area (Å²) in [5, 5.41) is 0. The first-order chi connectivity index (χ1) is 12.7. The molecule has 1 aromatic carbocycles. The highest BCUT2D eigenvalue weighted by molar-refractivity contribution is 7.96. The summed E-state index contributed by atoms with van der Waals surface area (Å²) in [6.07, 6.45) is 2.31. The Morgan fingerprint density at radius 2 is 2.15 bits per heavy atom. The minimum atomic E-state index is -0.512. The summed E-state index contributed by atoms with van der Waals surface area (Å²) in [5.74, 6) is 1.84. The molecule has 0 unspecified atom stereocenters. The molecule has 6 nitrogen and oxygen atoms in total. The molecule has 0 bridgehead atoms. The number of rotatable bonds is 7. The van der Waals surface area contributed by atoms with Gasteiger partial charge in [0, 0.05) is 24.9 Å². The fourth-order valence-electron chi connectivity index (χ4n) is 2.58. The Morgan fingerprint density at radius 3 is 2.81 bits per heavy atom. The van der Waals surface area contributed by atoms with Crippen LogP contribution < -0.4 is 9.47 Å². The Kier molecular flexibility index (Phi) is 7.41. The topological polar surface area (TPSA) is 60.4 Å². The van der Waals surface area contributed by atoms with Crippen LogP contribution in [-0.2, 0) is 11.2 Å². The van der Waals surface area contributed by atoms with E-state index in [4.69, 9.17) is 14.2 Å². The third-order valence-corrected chi connectivity index (χ3v) is 4.66. The standard InChI is InChI=1S/C20H30N2O4S/c1-7-8-12-24-18(14(2)3)21-27-22(6)19(23)25-16-11-9-10-15-13-20(4,5)26-17(15)16/h9-11,14H,7-8,12-13H2,1-6H3. The Bertz CT molecular complexity index is 689. The molecule has 1 amide bonds. The normalized spacial score (nSPS) is 15.3. The lowest BCUT2D eigenvalue weighted by Gasteiger charge is -2.19. The third-order valence-electron chi connectivity index (χ3n) is 4.00. The van der Waals surface area contributed by atoms with Gasteiger partial charge in [-0.1, -0.05) is 39.3 Å². The molecule has 0 aromatic heterocycles. The number of hydrogen-bond acceptors (Lipinski definition) is 6. The molecule has 0 spiro atoms. The van der Waals surface area contributed by atoms with Gasteiger partial charge in [0.25, 0.3) is 0 Å². The van der Waals surface area contributed by atoms with Crippen molar-refractivity contribution in [2.45, 2.75) is 59.5 Å². The van der Waals surface area contributed by atoms with Crippen molar-refractivity contribution in [2.24, 2.45) is 10.3 Å². The molecule has 0 N–H and O–H groups in total. The van der Waals surface area contributed by atoms with Crippen LogP contribution >= 0.6 is 12.1 Å². The number of hydrogen-bond donors (Lipinski definition) is 0. The van der Waals surface area contributed by atoms with Crippen molar-refractivity contribution < 1.29 is 19.0 Å². The zero-order valence-corrected chi connectivity index (χ0v) is 17.9. The molecular formula is C20H30N2O4S. The summed E-state index contributed by atoms with van der Waals surface area (Å²) in [7, 11) is 1.62. The summed E-state index contributed by atoms with van der Waals surface area (Å²) in [6.45, 7) is 10.8. The highest BCUT2D eigenvalue weighted by Gasteiger charge is 2.33. The lowest BCUT2D eigenvalue weighted by molar-refractivity contribution is 0.132. The van der Waals surface area contributed by atoms with Crippen LogP contribution in [0.2, 0.25) is 0 Å². The summed E-state index contributed by atoms with van der Waals surface area (Å²) in [4.78, 5) is 12.4. The molecule has 27 heavy (non-hydrogen) atoms. The van der Waals surface area contributed by atoms with E-state index in [1.165, 1.54) is 4.31 Å². The van der Waals surface area contributed by atoms with Crippen molar-refractivity contribution in [1.29, 1.82) is 0 Å². The number of nitrogens with zero attached hydrogens (tertiary/aromatic N) is 2. The quantitative estimate of drug-likeness (QED) is 0.273. The number of unbranched alkanes of at least 4 members (excludes halogenated alkanes) is 1. The van der Waals surface area contributed by atoms with Crippen molar-refractivity contribution in [1.82, 2.24) is 4.31 Å². The largest absolute Gasteiger partial charge is 0.483 e. The predicted molar refractivity (Wildman–Crippen MR) is 109 cm³/mol. The number of ether oxygens (including phenoxy) is 3. The van der Waals surface area contributed by atoms with Gasteiger partial charge in [0.1, 0.15) is 17.7 Å². The van der Waals surface area contributed by atoms with E-state index in [-0.39, 0.29) is 11.5 Å². The summed E-state index contributed by atoms with van der Waals surface area (Å²) in [6, 6.07) is 5.61. The van der Waals surface area contributed by atoms with E-state index < -0.39 is 6.09 Å². The minimum Gasteiger partial charge on any atom is -0.483 e. The van der Waals surface area contributed by atoms with Crippen LogP contribution in [0.25, 0.3) is 0 Å². The smallest absolute Gasteiger partial charge is 0.426 e. The van der Waals surface area contributed by atoms with Gasteiger partial charge in [-0.25, -0.2) is 9.10 Å². The maximum Gasteiger partial charge on any atom is 0.426 e. The molecule has 1 aliphatic heterocycles. The Hall–Kier alpha value is -1.89. The second-order valence-electron chi connectivity index (χ2n) is 7.52. The number of carbonyl (C=O) groups excluding carboxylic acids is 1. The zero-order valence-electron chi connectivity index (χ0n) is 17.1. The fourth-order valence-corrected chi connectivity index (χ4v) is 3.15. The van der Waals surface area contributed by atoms with Gasteiger partial charge in [-0.15, -0.1) is 0 Å². The molecule has 0 atom stereocenters. The van der Waals surface area contributed by atoms with E-state index in [0.717, 1.165) is 37.0 Å². The van der Waals surface area contributed by atoms with Crippen LogP contribution in [0.5, 0.6) is 11.5 Å². The molecule has 0 saturated carbocycles. The molecule has 0 saturated heterocycles. The Morgan fingerprint density at radius 1 is 1.41 bits per heavy atom. The number of carbonyl (C=O) groups is 1. The second-order valence-corrected chi connectivity index (χ2v) is 8.41. The summed E-state index contributed by atoms with van der Waals surface area (Å²) < 4.78 is 22.9. The average Bonchev–Trinajstić information content (AvgIpc) is 2.92. The van der Waals surface area contributed by atoms with Crippen LogP contribution in [0.1, 0.15) is 53.0 Å². The van der Waals surface area contributed by atoms with Crippen molar-refractivity contribution in [3.8, 4) is 11.5 Å². The lowest BCUT2D eigenvalue weighted by Crippen LogP contribution is -2.26. The van der Waals surface area contributed by atoms with Crippen molar-refractivity contribution in [3.63, 3.8) is 0 Å². The molecule has 0 aliphatic carbocycles. The predicted octanol–water partition coefficient (Wildman–Crippen LogP) is 5.27. The second kappa shape index (κ2) is 9.35. The highest BCUT2D eigenvalue weighted by Crippen LogP contribution is 2.42. The minimum absolute atomic E-state index is 0.145. The maximum absolute atomic E-state index is 12.4. The van der Waals surface area contributed by atoms with E-state index in [1.54, 1.807) is 13.1 Å².